The second-order valence-electron chi connectivity index (χ2n) is 3.70. The first-order chi connectivity index (χ1) is 8.64. The molecule has 0 spiro atoms. The molecule has 1 atom stereocenters. The van der Waals surface area contributed by atoms with E-state index in [-0.39, 0.29) is 11.3 Å². The molecule has 9 heteroatoms. The number of hydrogen-bond donors (Lipinski definition) is 3. The van der Waals surface area contributed by atoms with E-state index in [1.165, 1.54) is 11.5 Å². The number of aromatic amines is 1. The van der Waals surface area contributed by atoms with E-state index in [0.717, 1.165) is 6.07 Å². The minimum atomic E-state index is -4.67. The van der Waals surface area contributed by atoms with Gasteiger partial charge in [-0.2, -0.15) is 13.2 Å². The summed E-state index contributed by atoms with van der Waals surface area (Å²) in [4.78, 5) is 36.2. The fourth-order valence-electron chi connectivity index (χ4n) is 1.23. The highest BCUT2D eigenvalue weighted by Crippen LogP contribution is 2.19. The molecule has 4 N–H and O–H groups in total. The Hall–Kier alpha value is -2.32. The zero-order valence-electron chi connectivity index (χ0n) is 9.67. The SMILES string of the molecule is C[C@@H](NC(=O)C(=O)c1cc[nH]c1C(N)=O)C(F)(F)F. The summed E-state index contributed by atoms with van der Waals surface area (Å²) in [7, 11) is 0. The maximum Gasteiger partial charge on any atom is 0.408 e. The van der Waals surface area contributed by atoms with Gasteiger partial charge in [0.25, 0.3) is 17.6 Å². The molecule has 0 saturated heterocycles. The Bertz CT molecular complexity index is 522. The highest BCUT2D eigenvalue weighted by Gasteiger charge is 2.38. The number of carbonyl (C=O) groups is 3. The largest absolute Gasteiger partial charge is 0.408 e. The van der Waals surface area contributed by atoms with Gasteiger partial charge in [0.2, 0.25) is 0 Å². The molecule has 1 aromatic heterocycles. The summed E-state index contributed by atoms with van der Waals surface area (Å²) in [6.45, 7) is 0.692. The quantitative estimate of drug-likeness (QED) is 0.546. The lowest BCUT2D eigenvalue weighted by molar-refractivity contribution is -0.156. The topological polar surface area (TPSA) is 105 Å². The molecule has 1 rings (SSSR count). The van der Waals surface area contributed by atoms with E-state index < -0.39 is 29.8 Å². The fraction of sp³-hybridized carbons (Fsp3) is 0.300. The van der Waals surface area contributed by atoms with Crippen LogP contribution in [0.5, 0.6) is 0 Å². The molecular weight excluding hydrogens is 267 g/mol. The van der Waals surface area contributed by atoms with Gasteiger partial charge in [-0.3, -0.25) is 14.4 Å². The third kappa shape index (κ3) is 3.33. The third-order valence-electron chi connectivity index (χ3n) is 2.28. The van der Waals surface area contributed by atoms with Crippen LogP contribution in [-0.4, -0.2) is 34.8 Å². The van der Waals surface area contributed by atoms with Crippen molar-refractivity contribution in [1.82, 2.24) is 10.3 Å². The van der Waals surface area contributed by atoms with Gasteiger partial charge >= 0.3 is 6.18 Å². The summed E-state index contributed by atoms with van der Waals surface area (Å²) in [6, 6.07) is -1.10. The number of primary amides is 1. The lowest BCUT2D eigenvalue weighted by atomic mass is 10.1. The van der Waals surface area contributed by atoms with Gasteiger partial charge < -0.3 is 16.0 Å². The van der Waals surface area contributed by atoms with Crippen molar-refractivity contribution < 1.29 is 27.6 Å². The Morgan fingerprint density at radius 1 is 1.37 bits per heavy atom. The molecule has 0 aliphatic carbocycles. The van der Waals surface area contributed by atoms with Gasteiger partial charge in [0, 0.05) is 6.20 Å². The first-order valence-electron chi connectivity index (χ1n) is 5.03. The van der Waals surface area contributed by atoms with Crippen LogP contribution in [0, 0.1) is 0 Å². The van der Waals surface area contributed by atoms with Crippen LogP contribution in [0.15, 0.2) is 12.3 Å². The van der Waals surface area contributed by atoms with Crippen LogP contribution in [0.1, 0.15) is 27.8 Å². The predicted molar refractivity (Wildman–Crippen MR) is 57.3 cm³/mol. The normalized spacial score (nSPS) is 12.8. The van der Waals surface area contributed by atoms with Crippen LogP contribution in [0.4, 0.5) is 13.2 Å². The molecule has 19 heavy (non-hydrogen) atoms. The number of nitrogens with two attached hydrogens (primary N) is 1. The number of rotatable bonds is 4. The summed E-state index contributed by atoms with van der Waals surface area (Å²) in [5.41, 5.74) is 4.22. The van der Waals surface area contributed by atoms with Crippen LogP contribution in [-0.2, 0) is 4.79 Å². The summed E-state index contributed by atoms with van der Waals surface area (Å²) in [5, 5.41) is 1.49. The van der Waals surface area contributed by atoms with Crippen molar-refractivity contribution in [2.75, 3.05) is 0 Å². The number of hydrogen-bond acceptors (Lipinski definition) is 3. The molecule has 0 aliphatic rings. The summed E-state index contributed by atoms with van der Waals surface area (Å²) in [6.07, 6.45) is -3.49. The molecule has 6 nitrogen and oxygen atoms in total. The number of alkyl halides is 3. The van der Waals surface area contributed by atoms with Crippen molar-refractivity contribution in [3.05, 3.63) is 23.5 Å². The molecule has 2 amide bonds. The number of H-pyrrole nitrogens is 1. The minimum Gasteiger partial charge on any atom is -0.364 e. The maximum atomic E-state index is 12.2. The molecule has 1 aromatic rings. The molecule has 0 unspecified atom stereocenters. The second kappa shape index (κ2) is 5.12. The Kier molecular flexibility index (Phi) is 3.98. The number of Topliss-reactive ketones (excluding diaryl/α,β-unsaturated/α-hetero) is 1. The van der Waals surface area contributed by atoms with Crippen molar-refractivity contribution in [2.45, 2.75) is 19.1 Å². The zero-order valence-corrected chi connectivity index (χ0v) is 9.67. The minimum absolute atomic E-state index is 0.334. The lowest BCUT2D eigenvalue weighted by Gasteiger charge is -2.16. The monoisotopic (exact) mass is 277 g/mol. The van der Waals surface area contributed by atoms with Crippen molar-refractivity contribution in [2.24, 2.45) is 5.73 Å². The van der Waals surface area contributed by atoms with E-state index in [1.54, 1.807) is 0 Å². The van der Waals surface area contributed by atoms with E-state index in [9.17, 15) is 27.6 Å². The number of ketones is 1. The van der Waals surface area contributed by atoms with Gasteiger partial charge in [0.15, 0.2) is 0 Å². The standard InChI is InChI=1S/C10H10F3N3O3/c1-4(10(11,12)13)16-9(19)7(17)5-2-3-15-6(5)8(14)18/h2-4,15H,1H3,(H2,14,18)(H,16,19)/t4-/m1/s1. The second-order valence-corrected chi connectivity index (χ2v) is 3.70. The zero-order chi connectivity index (χ0) is 14.8. The van der Waals surface area contributed by atoms with E-state index in [1.807, 2.05) is 0 Å². The van der Waals surface area contributed by atoms with Crippen molar-refractivity contribution in [1.29, 1.82) is 0 Å². The fourth-order valence-corrected chi connectivity index (χ4v) is 1.23. The first kappa shape index (κ1) is 14.7. The lowest BCUT2D eigenvalue weighted by Crippen LogP contribution is -2.46. The molecule has 104 valence electrons. The highest BCUT2D eigenvalue weighted by molar-refractivity contribution is 6.44. The van der Waals surface area contributed by atoms with Gasteiger partial charge in [-0.15, -0.1) is 0 Å². The Morgan fingerprint density at radius 2 is 1.95 bits per heavy atom. The van der Waals surface area contributed by atoms with Crippen LogP contribution in [0.2, 0.25) is 0 Å². The maximum absolute atomic E-state index is 12.2. The predicted octanol–water partition coefficient (Wildman–Crippen LogP) is 0.363. The third-order valence-corrected chi connectivity index (χ3v) is 2.28. The molecule has 1 heterocycles. The molecule has 0 aromatic carbocycles. The smallest absolute Gasteiger partial charge is 0.364 e. The van der Waals surface area contributed by atoms with E-state index >= 15 is 0 Å². The molecule has 0 fully saturated rings. The molecular formula is C10H10F3N3O3. The highest BCUT2D eigenvalue weighted by atomic mass is 19.4. The van der Waals surface area contributed by atoms with Gasteiger partial charge in [0.05, 0.1) is 5.56 Å². The van der Waals surface area contributed by atoms with Crippen LogP contribution < -0.4 is 11.1 Å². The Labute approximate surface area is 105 Å². The first-order valence-corrected chi connectivity index (χ1v) is 5.03. The summed E-state index contributed by atoms with van der Waals surface area (Å²) in [5.74, 6) is -3.73. The van der Waals surface area contributed by atoms with Crippen LogP contribution in [0.3, 0.4) is 0 Å². The van der Waals surface area contributed by atoms with Crippen LogP contribution >= 0.6 is 0 Å². The average molecular weight is 277 g/mol. The van der Waals surface area contributed by atoms with Gasteiger partial charge in [-0.05, 0) is 13.0 Å². The summed E-state index contributed by atoms with van der Waals surface area (Å²) >= 11 is 0. The van der Waals surface area contributed by atoms with E-state index in [0.29, 0.717) is 6.92 Å². The number of halogens is 3. The number of aromatic nitrogens is 1. The van der Waals surface area contributed by atoms with Gasteiger partial charge in [-0.25, -0.2) is 0 Å². The van der Waals surface area contributed by atoms with Crippen LogP contribution in [0.25, 0.3) is 0 Å². The van der Waals surface area contributed by atoms with E-state index in [4.69, 9.17) is 5.73 Å². The Balaban J connectivity index is 2.86. The average Bonchev–Trinajstić information content (AvgIpc) is 2.75. The molecule has 0 aliphatic heterocycles. The molecule has 0 saturated carbocycles. The number of amides is 2. The summed E-state index contributed by atoms with van der Waals surface area (Å²) < 4.78 is 36.6. The van der Waals surface area contributed by atoms with Crippen molar-refractivity contribution >= 4 is 17.6 Å². The van der Waals surface area contributed by atoms with E-state index in [2.05, 4.69) is 4.98 Å². The van der Waals surface area contributed by atoms with Gasteiger partial charge in [-0.1, -0.05) is 0 Å². The van der Waals surface area contributed by atoms with Crippen molar-refractivity contribution in [3.63, 3.8) is 0 Å². The number of nitrogens with one attached hydrogen (secondary N) is 2. The van der Waals surface area contributed by atoms with Gasteiger partial charge in [0.1, 0.15) is 11.7 Å². The number of carbonyl (C=O) groups excluding carboxylic acids is 3. The van der Waals surface area contributed by atoms with Crippen molar-refractivity contribution in [3.8, 4) is 0 Å². The molecule has 0 radical (unpaired) electrons. The Morgan fingerprint density at radius 3 is 2.42 bits per heavy atom. The molecule has 0 bridgehead atoms.